The van der Waals surface area contributed by atoms with Crippen LogP contribution in [0.5, 0.6) is 0 Å². The molecular weight excluding hydrogens is 316 g/mol. The molecule has 0 amide bonds. The van der Waals surface area contributed by atoms with Gasteiger partial charge in [-0.25, -0.2) is 0 Å². The summed E-state index contributed by atoms with van der Waals surface area (Å²) < 4.78 is 6.74. The van der Waals surface area contributed by atoms with Crippen LogP contribution in [-0.4, -0.2) is 42.2 Å². The fourth-order valence-electron chi connectivity index (χ4n) is 4.23. The Morgan fingerprint density at radius 2 is 1.92 bits per heavy atom. The van der Waals surface area contributed by atoms with Crippen molar-refractivity contribution in [2.45, 2.75) is 18.9 Å². The van der Waals surface area contributed by atoms with Gasteiger partial charge < -0.3 is 9.30 Å². The molecule has 0 aliphatic carbocycles. The molecule has 25 heavy (non-hydrogen) atoms. The molecule has 2 aliphatic heterocycles. The van der Waals surface area contributed by atoms with E-state index in [-0.39, 0.29) is 17.4 Å². The van der Waals surface area contributed by atoms with Gasteiger partial charge >= 0.3 is 5.97 Å². The van der Waals surface area contributed by atoms with E-state index in [0.717, 1.165) is 42.9 Å². The highest BCUT2D eigenvalue weighted by atomic mass is 16.5. The minimum absolute atomic E-state index is 0.0764. The van der Waals surface area contributed by atoms with Gasteiger partial charge in [0.1, 0.15) is 0 Å². The van der Waals surface area contributed by atoms with Crippen molar-refractivity contribution in [3.8, 4) is 11.1 Å². The summed E-state index contributed by atoms with van der Waals surface area (Å²) in [4.78, 5) is 26.4. The third-order valence-corrected chi connectivity index (χ3v) is 5.32. The highest BCUT2D eigenvalue weighted by Gasteiger charge is 2.35. The highest BCUT2D eigenvalue weighted by molar-refractivity contribution is 5.71. The Hall–Kier alpha value is -2.40. The molecule has 4 rings (SSSR count). The summed E-state index contributed by atoms with van der Waals surface area (Å²) in [5.74, 6) is 0.500. The van der Waals surface area contributed by atoms with Gasteiger partial charge in [-0.3, -0.25) is 14.5 Å². The average molecular weight is 338 g/mol. The van der Waals surface area contributed by atoms with Crippen molar-refractivity contribution >= 4 is 5.97 Å². The quantitative estimate of drug-likeness (QED) is 0.805. The predicted molar refractivity (Wildman–Crippen MR) is 95.4 cm³/mol. The van der Waals surface area contributed by atoms with E-state index in [0.29, 0.717) is 12.5 Å². The SMILES string of the molecule is COC(=O)CN1C[C@@H]2C[C@H](C1)c1cc(-c3ccccc3)cc(=O)n1C2. The second-order valence-corrected chi connectivity index (χ2v) is 7.05. The first-order chi connectivity index (χ1) is 12.1. The summed E-state index contributed by atoms with van der Waals surface area (Å²) in [5, 5.41) is 0. The lowest BCUT2D eigenvalue weighted by Gasteiger charge is -2.42. The lowest BCUT2D eigenvalue weighted by Crippen LogP contribution is -2.48. The van der Waals surface area contributed by atoms with Crippen LogP contribution in [-0.2, 0) is 16.1 Å². The maximum absolute atomic E-state index is 12.7. The molecular formula is C20H22N2O3. The first-order valence-electron chi connectivity index (χ1n) is 8.73. The maximum Gasteiger partial charge on any atom is 0.319 e. The number of rotatable bonds is 3. The van der Waals surface area contributed by atoms with Gasteiger partial charge in [0, 0.05) is 37.3 Å². The number of ether oxygens (including phenoxy) is 1. The van der Waals surface area contributed by atoms with Gasteiger partial charge in [0.2, 0.25) is 0 Å². The van der Waals surface area contributed by atoms with Crippen molar-refractivity contribution in [3.63, 3.8) is 0 Å². The van der Waals surface area contributed by atoms with Gasteiger partial charge in [0.25, 0.3) is 5.56 Å². The van der Waals surface area contributed by atoms with E-state index in [9.17, 15) is 9.59 Å². The fraction of sp³-hybridized carbons (Fsp3) is 0.400. The van der Waals surface area contributed by atoms with E-state index in [4.69, 9.17) is 4.74 Å². The number of pyridine rings is 1. The minimum Gasteiger partial charge on any atom is -0.468 e. The van der Waals surface area contributed by atoms with Crippen molar-refractivity contribution in [1.29, 1.82) is 0 Å². The lowest BCUT2D eigenvalue weighted by atomic mass is 9.82. The summed E-state index contributed by atoms with van der Waals surface area (Å²) in [7, 11) is 1.42. The predicted octanol–water partition coefficient (Wildman–Crippen LogP) is 2.11. The topological polar surface area (TPSA) is 51.5 Å². The molecule has 5 nitrogen and oxygen atoms in total. The molecule has 2 aromatic rings. The van der Waals surface area contributed by atoms with Crippen molar-refractivity contribution in [2.24, 2.45) is 5.92 Å². The number of carbonyl (C=O) groups is 1. The van der Waals surface area contributed by atoms with Gasteiger partial charge in [0.15, 0.2) is 0 Å². The Balaban J connectivity index is 1.68. The Morgan fingerprint density at radius 1 is 1.12 bits per heavy atom. The van der Waals surface area contributed by atoms with Crippen LogP contribution in [0.25, 0.3) is 11.1 Å². The number of benzene rings is 1. The molecule has 0 N–H and O–H groups in total. The number of esters is 1. The minimum atomic E-state index is -0.199. The molecule has 130 valence electrons. The molecule has 5 heteroatoms. The van der Waals surface area contributed by atoms with Crippen LogP contribution in [0.1, 0.15) is 18.0 Å². The maximum atomic E-state index is 12.7. The van der Waals surface area contributed by atoms with E-state index >= 15 is 0 Å². The largest absolute Gasteiger partial charge is 0.468 e. The van der Waals surface area contributed by atoms with Crippen molar-refractivity contribution < 1.29 is 9.53 Å². The summed E-state index contributed by atoms with van der Waals surface area (Å²) in [5.41, 5.74) is 3.21. The number of piperidine rings is 1. The highest BCUT2D eigenvalue weighted by Crippen LogP contribution is 2.36. The number of hydrogen-bond acceptors (Lipinski definition) is 4. The normalized spacial score (nSPS) is 22.3. The average Bonchev–Trinajstić information content (AvgIpc) is 2.63. The smallest absolute Gasteiger partial charge is 0.319 e. The molecule has 1 fully saturated rings. The molecule has 1 saturated heterocycles. The Labute approximate surface area is 146 Å². The second-order valence-electron chi connectivity index (χ2n) is 7.05. The fourth-order valence-corrected chi connectivity index (χ4v) is 4.23. The zero-order chi connectivity index (χ0) is 17.4. The molecule has 2 bridgehead atoms. The van der Waals surface area contributed by atoms with Crippen LogP contribution < -0.4 is 5.56 Å². The third-order valence-electron chi connectivity index (χ3n) is 5.32. The number of carbonyl (C=O) groups excluding carboxylic acids is 1. The number of likely N-dealkylation sites (tertiary alicyclic amines) is 1. The molecule has 0 saturated carbocycles. The van der Waals surface area contributed by atoms with Crippen LogP contribution in [0, 0.1) is 5.92 Å². The Kier molecular flexibility index (Phi) is 4.17. The first-order valence-corrected chi connectivity index (χ1v) is 8.73. The summed E-state index contributed by atoms with van der Waals surface area (Å²) in [6.45, 7) is 2.70. The van der Waals surface area contributed by atoms with Crippen molar-refractivity contribution in [2.75, 3.05) is 26.7 Å². The second kappa shape index (κ2) is 6.48. The summed E-state index contributed by atoms with van der Waals surface area (Å²) in [6.07, 6.45) is 1.08. The molecule has 0 radical (unpaired) electrons. The Morgan fingerprint density at radius 3 is 2.68 bits per heavy atom. The van der Waals surface area contributed by atoms with Crippen LogP contribution >= 0.6 is 0 Å². The molecule has 1 aromatic carbocycles. The van der Waals surface area contributed by atoms with Crippen LogP contribution in [0.15, 0.2) is 47.3 Å². The number of nitrogens with zero attached hydrogens (tertiary/aromatic N) is 2. The molecule has 1 aromatic heterocycles. The number of methoxy groups -OCH3 is 1. The molecule has 0 spiro atoms. The van der Waals surface area contributed by atoms with E-state index in [1.807, 2.05) is 34.9 Å². The molecule has 2 aliphatic rings. The monoisotopic (exact) mass is 338 g/mol. The van der Waals surface area contributed by atoms with Gasteiger partial charge in [0.05, 0.1) is 13.7 Å². The van der Waals surface area contributed by atoms with E-state index in [1.54, 1.807) is 6.07 Å². The van der Waals surface area contributed by atoms with E-state index < -0.39 is 0 Å². The van der Waals surface area contributed by atoms with Gasteiger partial charge in [-0.15, -0.1) is 0 Å². The Bertz CT molecular complexity index is 844. The zero-order valence-electron chi connectivity index (χ0n) is 14.4. The summed E-state index contributed by atoms with van der Waals surface area (Å²) >= 11 is 0. The molecule has 0 unspecified atom stereocenters. The van der Waals surface area contributed by atoms with E-state index in [2.05, 4.69) is 11.0 Å². The zero-order valence-corrected chi connectivity index (χ0v) is 14.4. The lowest BCUT2D eigenvalue weighted by molar-refractivity contribution is -0.142. The van der Waals surface area contributed by atoms with Crippen molar-refractivity contribution in [1.82, 2.24) is 9.47 Å². The van der Waals surface area contributed by atoms with Gasteiger partial charge in [-0.05, 0) is 29.5 Å². The number of fused-ring (bicyclic) bond motifs is 4. The van der Waals surface area contributed by atoms with E-state index in [1.165, 1.54) is 7.11 Å². The summed E-state index contributed by atoms with van der Waals surface area (Å²) in [6, 6.07) is 13.9. The van der Waals surface area contributed by atoms with Crippen LogP contribution in [0.3, 0.4) is 0 Å². The van der Waals surface area contributed by atoms with Gasteiger partial charge in [-0.1, -0.05) is 30.3 Å². The standard InChI is InChI=1S/C20H22N2O3/c1-25-20(24)13-21-10-14-7-17(12-21)18-8-16(9-19(23)22(18)11-14)15-5-3-2-4-6-15/h2-6,8-9,14,17H,7,10-13H2,1H3/t14-,17+/m0/s1. The van der Waals surface area contributed by atoms with Crippen molar-refractivity contribution in [3.05, 3.63) is 58.5 Å². The molecule has 3 heterocycles. The van der Waals surface area contributed by atoms with Gasteiger partial charge in [-0.2, -0.15) is 0 Å². The molecule has 2 atom stereocenters. The third kappa shape index (κ3) is 3.12. The number of aromatic nitrogens is 1. The van der Waals surface area contributed by atoms with Crippen LogP contribution in [0.4, 0.5) is 0 Å². The van der Waals surface area contributed by atoms with Crippen LogP contribution in [0.2, 0.25) is 0 Å². The number of hydrogen-bond donors (Lipinski definition) is 0. The first kappa shape index (κ1) is 16.1.